The molecular formula is C22H21FN6OS. The molecule has 2 fully saturated rings. The molecule has 1 amide bonds. The topological polar surface area (TPSA) is 74.6 Å². The van der Waals surface area contributed by atoms with Crippen LogP contribution >= 0.6 is 11.3 Å². The largest absolute Gasteiger partial charge is 0.349 e. The molecule has 6 heterocycles. The Balaban J connectivity index is 1.27. The molecule has 1 spiro atoms. The van der Waals surface area contributed by atoms with Crippen molar-refractivity contribution >= 4 is 44.6 Å². The van der Waals surface area contributed by atoms with Gasteiger partial charge >= 0.3 is 0 Å². The maximum Gasteiger partial charge on any atom is 0.265 e. The molecular weight excluding hydrogens is 415 g/mol. The summed E-state index contributed by atoms with van der Waals surface area (Å²) in [5.74, 6) is 0.221. The predicted molar refractivity (Wildman–Crippen MR) is 120 cm³/mol. The van der Waals surface area contributed by atoms with Crippen molar-refractivity contribution in [3.05, 3.63) is 53.0 Å². The number of hydrogen-bond donors (Lipinski definition) is 2. The molecule has 2 aliphatic rings. The van der Waals surface area contributed by atoms with Crippen molar-refractivity contribution in [1.29, 1.82) is 0 Å². The van der Waals surface area contributed by atoms with Crippen LogP contribution in [0.1, 0.15) is 28.2 Å². The number of nitrogens with zero attached hydrogens (tertiary/aromatic N) is 4. The summed E-state index contributed by atoms with van der Waals surface area (Å²) in [4.78, 5) is 25.6. The average Bonchev–Trinajstić information content (AvgIpc) is 3.45. The molecule has 9 heteroatoms. The lowest BCUT2D eigenvalue weighted by atomic mass is 9.84. The number of fused-ring (bicyclic) bond motifs is 2. The molecule has 6 rings (SSSR count). The van der Waals surface area contributed by atoms with Crippen LogP contribution in [0.2, 0.25) is 0 Å². The summed E-state index contributed by atoms with van der Waals surface area (Å²) in [6.07, 6.45) is 5.72. The predicted octanol–water partition coefficient (Wildman–Crippen LogP) is 3.59. The van der Waals surface area contributed by atoms with E-state index in [4.69, 9.17) is 4.98 Å². The van der Waals surface area contributed by atoms with Gasteiger partial charge in [0, 0.05) is 36.9 Å². The summed E-state index contributed by atoms with van der Waals surface area (Å²) < 4.78 is 15.9. The van der Waals surface area contributed by atoms with E-state index in [2.05, 4.69) is 20.5 Å². The highest BCUT2D eigenvalue weighted by Gasteiger charge is 2.47. The van der Waals surface area contributed by atoms with E-state index in [1.165, 1.54) is 23.8 Å². The first-order valence-electron chi connectivity index (χ1n) is 10.4. The molecule has 4 aromatic heterocycles. The fourth-order valence-electron chi connectivity index (χ4n) is 4.68. The van der Waals surface area contributed by atoms with Gasteiger partial charge in [0.2, 0.25) is 0 Å². The van der Waals surface area contributed by atoms with Gasteiger partial charge in [-0.25, -0.2) is 14.4 Å². The minimum atomic E-state index is -0.474. The number of rotatable bonds is 3. The number of thiophene rings is 1. The first kappa shape index (κ1) is 18.7. The standard InChI is InChI=1S/C22H21FN6OS/c1-13-10-28-11-15(9-16(23)19(28)25-13)26-20(30)17-8-14-2-3-18(27-21(14)31-17)29-7-5-22(29)4-6-24-12-22/h2-3,8-11,24H,4-7,12H2,1H3,(H,26,30). The van der Waals surface area contributed by atoms with Crippen LogP contribution in [-0.4, -0.2) is 45.4 Å². The molecule has 0 radical (unpaired) electrons. The van der Waals surface area contributed by atoms with E-state index in [1.54, 1.807) is 23.7 Å². The zero-order valence-corrected chi connectivity index (χ0v) is 17.8. The first-order chi connectivity index (χ1) is 15.0. The van der Waals surface area contributed by atoms with Crippen molar-refractivity contribution < 1.29 is 9.18 Å². The fourth-order valence-corrected chi connectivity index (χ4v) is 5.60. The molecule has 158 valence electrons. The van der Waals surface area contributed by atoms with E-state index < -0.39 is 5.82 Å². The van der Waals surface area contributed by atoms with Crippen LogP contribution in [0, 0.1) is 12.7 Å². The van der Waals surface area contributed by atoms with Crippen molar-refractivity contribution in [1.82, 2.24) is 19.7 Å². The highest BCUT2D eigenvalue weighted by Crippen LogP contribution is 2.40. The van der Waals surface area contributed by atoms with E-state index in [9.17, 15) is 9.18 Å². The van der Waals surface area contributed by atoms with Gasteiger partial charge in [0.05, 0.1) is 21.8 Å². The molecule has 0 aliphatic carbocycles. The number of carbonyl (C=O) groups excluding carboxylic acids is 1. The number of aryl methyl sites for hydroxylation is 1. The molecule has 0 aromatic carbocycles. The minimum Gasteiger partial charge on any atom is -0.349 e. The number of amides is 1. The number of aromatic nitrogens is 3. The first-order valence-corrected chi connectivity index (χ1v) is 11.2. The zero-order valence-electron chi connectivity index (χ0n) is 17.0. The van der Waals surface area contributed by atoms with Gasteiger partial charge in [-0.05, 0) is 44.5 Å². The summed E-state index contributed by atoms with van der Waals surface area (Å²) >= 11 is 1.36. The lowest BCUT2D eigenvalue weighted by Gasteiger charge is -2.51. The Bertz CT molecular complexity index is 1340. The second kappa shape index (κ2) is 6.73. The number of carbonyl (C=O) groups is 1. The summed E-state index contributed by atoms with van der Waals surface area (Å²) in [6.45, 7) is 4.87. The number of imidazole rings is 1. The van der Waals surface area contributed by atoms with Gasteiger partial charge in [0.1, 0.15) is 10.6 Å². The Morgan fingerprint density at radius 1 is 1.26 bits per heavy atom. The molecule has 0 saturated carbocycles. The summed E-state index contributed by atoms with van der Waals surface area (Å²) in [5.41, 5.74) is 1.54. The third-order valence-corrected chi connectivity index (χ3v) is 7.39. The Morgan fingerprint density at radius 3 is 2.94 bits per heavy atom. The zero-order chi connectivity index (χ0) is 21.2. The van der Waals surface area contributed by atoms with Gasteiger partial charge in [-0.1, -0.05) is 0 Å². The van der Waals surface area contributed by atoms with Crippen molar-refractivity contribution in [3.63, 3.8) is 0 Å². The number of nitrogens with one attached hydrogen (secondary N) is 2. The fraction of sp³-hybridized carbons (Fsp3) is 0.318. The second-order valence-electron chi connectivity index (χ2n) is 8.37. The van der Waals surface area contributed by atoms with E-state index in [1.807, 2.05) is 18.2 Å². The Labute approximate surface area is 181 Å². The van der Waals surface area contributed by atoms with E-state index >= 15 is 0 Å². The monoisotopic (exact) mass is 436 g/mol. The van der Waals surface area contributed by atoms with Crippen molar-refractivity contribution in [2.75, 3.05) is 29.9 Å². The highest BCUT2D eigenvalue weighted by molar-refractivity contribution is 7.20. The maximum absolute atomic E-state index is 14.3. The van der Waals surface area contributed by atoms with Crippen LogP contribution in [0.15, 0.2) is 36.7 Å². The molecule has 1 atom stereocenters. The number of anilines is 2. The molecule has 31 heavy (non-hydrogen) atoms. The van der Waals surface area contributed by atoms with Crippen LogP contribution in [-0.2, 0) is 0 Å². The summed E-state index contributed by atoms with van der Waals surface area (Å²) in [5, 5.41) is 7.19. The Morgan fingerprint density at radius 2 is 2.16 bits per heavy atom. The van der Waals surface area contributed by atoms with Crippen LogP contribution in [0.4, 0.5) is 15.9 Å². The van der Waals surface area contributed by atoms with Crippen molar-refractivity contribution in [2.45, 2.75) is 25.3 Å². The molecule has 0 bridgehead atoms. The van der Waals surface area contributed by atoms with Gasteiger partial charge in [-0.2, -0.15) is 0 Å². The number of pyridine rings is 2. The van der Waals surface area contributed by atoms with Crippen LogP contribution in [0.5, 0.6) is 0 Å². The van der Waals surface area contributed by atoms with Gasteiger partial charge < -0.3 is 19.9 Å². The Kier molecular flexibility index (Phi) is 4.06. The second-order valence-corrected chi connectivity index (χ2v) is 9.40. The lowest BCUT2D eigenvalue weighted by Crippen LogP contribution is -2.61. The van der Waals surface area contributed by atoms with E-state index in [0.29, 0.717) is 16.3 Å². The van der Waals surface area contributed by atoms with E-state index in [0.717, 1.165) is 42.1 Å². The van der Waals surface area contributed by atoms with Gasteiger partial charge in [-0.15, -0.1) is 11.3 Å². The molecule has 7 nitrogen and oxygen atoms in total. The maximum atomic E-state index is 14.3. The highest BCUT2D eigenvalue weighted by atomic mass is 32.1. The number of hydrogen-bond acceptors (Lipinski definition) is 6. The summed E-state index contributed by atoms with van der Waals surface area (Å²) in [7, 11) is 0. The summed E-state index contributed by atoms with van der Waals surface area (Å²) in [6, 6.07) is 7.20. The average molecular weight is 437 g/mol. The van der Waals surface area contributed by atoms with Gasteiger partial charge in [0.25, 0.3) is 5.91 Å². The molecule has 2 saturated heterocycles. The molecule has 2 N–H and O–H groups in total. The SMILES string of the molecule is Cc1cn2cc(NC(=O)c3cc4ccc(N5CCC56CCNC6)nc4s3)cc(F)c2n1. The van der Waals surface area contributed by atoms with Crippen LogP contribution in [0.25, 0.3) is 15.9 Å². The van der Waals surface area contributed by atoms with Crippen molar-refractivity contribution in [3.8, 4) is 0 Å². The molecule has 1 unspecified atom stereocenters. The van der Waals surface area contributed by atoms with Gasteiger partial charge in [-0.3, -0.25) is 4.79 Å². The smallest absolute Gasteiger partial charge is 0.265 e. The quantitative estimate of drug-likeness (QED) is 0.514. The third-order valence-electron chi connectivity index (χ3n) is 6.35. The number of halogens is 1. The third kappa shape index (κ3) is 2.99. The van der Waals surface area contributed by atoms with E-state index in [-0.39, 0.29) is 17.1 Å². The Hall–Kier alpha value is -3.04. The molecule has 4 aromatic rings. The van der Waals surface area contributed by atoms with Gasteiger partial charge in [0.15, 0.2) is 11.5 Å². The normalized spacial score (nSPS) is 20.6. The molecule has 2 aliphatic heterocycles. The van der Waals surface area contributed by atoms with Crippen LogP contribution in [0.3, 0.4) is 0 Å². The lowest BCUT2D eigenvalue weighted by molar-refractivity contribution is 0.103. The van der Waals surface area contributed by atoms with Crippen molar-refractivity contribution in [2.24, 2.45) is 0 Å². The minimum absolute atomic E-state index is 0.201. The van der Waals surface area contributed by atoms with Crippen LogP contribution < -0.4 is 15.5 Å².